The molecular weight excluding hydrogens is 384 g/mol. The van der Waals surface area contributed by atoms with Gasteiger partial charge in [-0.2, -0.15) is 10.2 Å². The molecule has 1 aliphatic heterocycles. The fourth-order valence-electron chi connectivity index (χ4n) is 3.51. The second-order valence-electron chi connectivity index (χ2n) is 7.15. The lowest BCUT2D eigenvalue weighted by atomic mass is 10.1. The normalized spacial score (nSPS) is 12.6. The largest absolute Gasteiger partial charge is 0.454 e. The van der Waals surface area contributed by atoms with Crippen molar-refractivity contribution in [1.29, 1.82) is 0 Å². The van der Waals surface area contributed by atoms with E-state index in [1.807, 2.05) is 66.5 Å². The first-order chi connectivity index (χ1) is 14.7. The molecular formula is C21H20N6O3. The predicted molar refractivity (Wildman–Crippen MR) is 110 cm³/mol. The molecule has 0 amide bonds. The van der Waals surface area contributed by atoms with E-state index in [1.165, 1.54) is 0 Å². The van der Waals surface area contributed by atoms with Crippen LogP contribution in [0.3, 0.4) is 0 Å². The van der Waals surface area contributed by atoms with Crippen LogP contribution in [0.2, 0.25) is 0 Å². The standard InChI is InChI=1S/C21H20N6O3/c1-26(12-19-22-21(28)24-23-19)10-15-11-27(16-5-3-2-4-6-16)25-20(15)14-7-8-17-18(9-14)30-13-29-17/h2-9,11H,10,12-13H2,1H3,(H2,22,23,24,28). The van der Waals surface area contributed by atoms with Crippen molar-refractivity contribution in [3.05, 3.63) is 76.6 Å². The van der Waals surface area contributed by atoms with Crippen molar-refractivity contribution in [3.63, 3.8) is 0 Å². The summed E-state index contributed by atoms with van der Waals surface area (Å²) in [6.07, 6.45) is 2.03. The molecule has 30 heavy (non-hydrogen) atoms. The second kappa shape index (κ2) is 7.53. The number of rotatable bonds is 6. The van der Waals surface area contributed by atoms with Gasteiger partial charge in [0.25, 0.3) is 0 Å². The molecule has 5 rings (SSSR count). The lowest BCUT2D eigenvalue weighted by Crippen LogP contribution is -2.18. The number of benzene rings is 2. The van der Waals surface area contributed by atoms with Gasteiger partial charge < -0.3 is 9.47 Å². The first kappa shape index (κ1) is 18.2. The Bertz CT molecular complexity index is 1230. The van der Waals surface area contributed by atoms with E-state index in [1.54, 1.807) is 0 Å². The number of nitrogens with one attached hydrogen (secondary N) is 2. The molecule has 9 heteroatoms. The molecule has 0 atom stereocenters. The number of H-pyrrole nitrogens is 2. The minimum absolute atomic E-state index is 0.231. The minimum Gasteiger partial charge on any atom is -0.454 e. The smallest absolute Gasteiger partial charge is 0.340 e. The van der Waals surface area contributed by atoms with Crippen LogP contribution in [0.15, 0.2) is 59.5 Å². The number of fused-ring (bicyclic) bond motifs is 1. The van der Waals surface area contributed by atoms with Crippen LogP contribution < -0.4 is 15.2 Å². The lowest BCUT2D eigenvalue weighted by Gasteiger charge is -2.14. The van der Waals surface area contributed by atoms with E-state index in [2.05, 4.69) is 20.1 Å². The summed E-state index contributed by atoms with van der Waals surface area (Å²) in [7, 11) is 1.97. The number of aromatic amines is 2. The van der Waals surface area contributed by atoms with Crippen LogP contribution in [-0.4, -0.2) is 43.7 Å². The van der Waals surface area contributed by atoms with E-state index in [0.29, 0.717) is 18.9 Å². The highest BCUT2D eigenvalue weighted by Crippen LogP contribution is 2.36. The Morgan fingerprint density at radius 1 is 1.10 bits per heavy atom. The topological polar surface area (TPSA) is 101 Å². The zero-order valence-electron chi connectivity index (χ0n) is 16.3. The maximum absolute atomic E-state index is 11.3. The van der Waals surface area contributed by atoms with Gasteiger partial charge in [0.1, 0.15) is 5.82 Å². The Morgan fingerprint density at radius 3 is 2.73 bits per heavy atom. The molecule has 2 aromatic carbocycles. The van der Waals surface area contributed by atoms with Crippen molar-refractivity contribution in [1.82, 2.24) is 29.9 Å². The van der Waals surface area contributed by atoms with E-state index in [0.717, 1.165) is 34.0 Å². The van der Waals surface area contributed by atoms with Gasteiger partial charge in [0.05, 0.1) is 17.9 Å². The molecule has 0 bridgehead atoms. The summed E-state index contributed by atoms with van der Waals surface area (Å²) >= 11 is 0. The Balaban J connectivity index is 1.49. The summed E-state index contributed by atoms with van der Waals surface area (Å²) in [6, 6.07) is 15.8. The van der Waals surface area contributed by atoms with Crippen LogP contribution in [0.4, 0.5) is 0 Å². The predicted octanol–water partition coefficient (Wildman–Crippen LogP) is 2.31. The fourth-order valence-corrected chi connectivity index (χ4v) is 3.51. The molecule has 0 fully saturated rings. The van der Waals surface area contributed by atoms with Gasteiger partial charge in [0.2, 0.25) is 6.79 Å². The van der Waals surface area contributed by atoms with Crippen molar-refractivity contribution in [2.45, 2.75) is 13.1 Å². The van der Waals surface area contributed by atoms with Gasteiger partial charge >= 0.3 is 5.69 Å². The van der Waals surface area contributed by atoms with Gasteiger partial charge in [0.15, 0.2) is 11.5 Å². The lowest BCUT2D eigenvalue weighted by molar-refractivity contribution is 0.174. The third-order valence-corrected chi connectivity index (χ3v) is 4.87. The van der Waals surface area contributed by atoms with Crippen molar-refractivity contribution < 1.29 is 9.47 Å². The Kier molecular flexibility index (Phi) is 4.56. The van der Waals surface area contributed by atoms with Crippen LogP contribution in [0.5, 0.6) is 11.5 Å². The van der Waals surface area contributed by atoms with Crippen LogP contribution in [-0.2, 0) is 13.1 Å². The summed E-state index contributed by atoms with van der Waals surface area (Å²) in [5.74, 6) is 2.04. The molecule has 3 heterocycles. The Morgan fingerprint density at radius 2 is 1.93 bits per heavy atom. The molecule has 2 N–H and O–H groups in total. The number of aromatic nitrogens is 5. The average Bonchev–Trinajstić information content (AvgIpc) is 3.48. The maximum atomic E-state index is 11.3. The third kappa shape index (κ3) is 3.58. The molecule has 0 unspecified atom stereocenters. The molecule has 152 valence electrons. The second-order valence-corrected chi connectivity index (χ2v) is 7.15. The first-order valence-electron chi connectivity index (χ1n) is 9.52. The van der Waals surface area contributed by atoms with Gasteiger partial charge in [-0.25, -0.2) is 14.6 Å². The molecule has 9 nitrogen and oxygen atoms in total. The zero-order chi connectivity index (χ0) is 20.5. The number of hydrogen-bond donors (Lipinski definition) is 2. The quantitative estimate of drug-likeness (QED) is 0.511. The molecule has 0 aliphatic carbocycles. The Hall–Kier alpha value is -3.85. The number of para-hydroxylation sites is 1. The highest BCUT2D eigenvalue weighted by atomic mass is 16.7. The maximum Gasteiger partial charge on any atom is 0.340 e. The summed E-state index contributed by atoms with van der Waals surface area (Å²) in [4.78, 5) is 16.0. The van der Waals surface area contributed by atoms with Crippen LogP contribution in [0.1, 0.15) is 11.4 Å². The number of nitrogens with zero attached hydrogens (tertiary/aromatic N) is 4. The highest BCUT2D eigenvalue weighted by Gasteiger charge is 2.19. The number of ether oxygens (including phenoxy) is 2. The molecule has 1 aliphatic rings. The number of hydrogen-bond acceptors (Lipinski definition) is 6. The van der Waals surface area contributed by atoms with Gasteiger partial charge in [-0.15, -0.1) is 0 Å². The van der Waals surface area contributed by atoms with Crippen molar-refractivity contribution >= 4 is 0 Å². The summed E-state index contributed by atoms with van der Waals surface area (Å²) in [6.45, 7) is 1.34. The van der Waals surface area contributed by atoms with Gasteiger partial charge in [0, 0.05) is 23.9 Å². The Labute approximate surface area is 171 Å². The van der Waals surface area contributed by atoms with Crippen LogP contribution >= 0.6 is 0 Å². The molecule has 0 saturated heterocycles. The van der Waals surface area contributed by atoms with Crippen molar-refractivity contribution in [3.8, 4) is 28.4 Å². The summed E-state index contributed by atoms with van der Waals surface area (Å²) in [5.41, 5.74) is 3.52. The van der Waals surface area contributed by atoms with Gasteiger partial charge in [-0.1, -0.05) is 18.2 Å². The van der Waals surface area contributed by atoms with E-state index in [9.17, 15) is 4.79 Å². The molecule has 0 radical (unpaired) electrons. The monoisotopic (exact) mass is 404 g/mol. The van der Waals surface area contributed by atoms with Crippen LogP contribution in [0, 0.1) is 0 Å². The highest BCUT2D eigenvalue weighted by molar-refractivity contribution is 5.67. The van der Waals surface area contributed by atoms with Gasteiger partial charge in [-0.3, -0.25) is 9.88 Å². The zero-order valence-corrected chi connectivity index (χ0v) is 16.3. The third-order valence-electron chi connectivity index (χ3n) is 4.87. The molecule has 0 saturated carbocycles. The summed E-state index contributed by atoms with van der Waals surface area (Å²) < 4.78 is 12.8. The molecule has 4 aromatic rings. The first-order valence-corrected chi connectivity index (χ1v) is 9.52. The molecule has 2 aromatic heterocycles. The van der Waals surface area contributed by atoms with Crippen molar-refractivity contribution in [2.75, 3.05) is 13.8 Å². The van der Waals surface area contributed by atoms with E-state index in [4.69, 9.17) is 14.6 Å². The van der Waals surface area contributed by atoms with Gasteiger partial charge in [-0.05, 0) is 37.4 Å². The summed E-state index contributed by atoms with van der Waals surface area (Å²) in [5, 5.41) is 11.2. The fraction of sp³-hybridized carbons (Fsp3) is 0.190. The van der Waals surface area contributed by atoms with E-state index in [-0.39, 0.29) is 12.5 Å². The molecule has 0 spiro atoms. The average molecular weight is 404 g/mol. The van der Waals surface area contributed by atoms with Crippen molar-refractivity contribution in [2.24, 2.45) is 0 Å². The SMILES string of the molecule is CN(Cc1n[nH]c(=O)[nH]1)Cc1cn(-c2ccccc2)nc1-c1ccc2c(c1)OCO2. The van der Waals surface area contributed by atoms with Crippen LogP contribution in [0.25, 0.3) is 16.9 Å². The van der Waals surface area contributed by atoms with E-state index < -0.39 is 0 Å². The minimum atomic E-state index is -0.309. The van der Waals surface area contributed by atoms with E-state index >= 15 is 0 Å².